The zero-order valence-electron chi connectivity index (χ0n) is 13.3. The third-order valence-corrected chi connectivity index (χ3v) is 3.38. The Morgan fingerprint density at radius 1 is 1.23 bits per heavy atom. The SMILES string of the molecule is COc1ccc(CNC(=O)C[NH+](C)Cc2ccc(C)o2)cc1. The first-order valence-corrected chi connectivity index (χ1v) is 7.33. The van der Waals surface area contributed by atoms with Crippen molar-refractivity contribution in [1.29, 1.82) is 0 Å². The predicted octanol–water partition coefficient (Wildman–Crippen LogP) is 0.928. The van der Waals surface area contributed by atoms with E-state index in [1.807, 2.05) is 50.4 Å². The first kappa shape index (κ1) is 16.1. The van der Waals surface area contributed by atoms with Crippen LogP contribution in [0.1, 0.15) is 17.1 Å². The second kappa shape index (κ2) is 7.66. The minimum atomic E-state index is 0.0246. The molecule has 2 aromatic rings. The Bertz CT molecular complexity index is 605. The topological polar surface area (TPSA) is 55.9 Å². The molecule has 1 aromatic heterocycles. The van der Waals surface area contributed by atoms with E-state index in [4.69, 9.17) is 9.15 Å². The number of amides is 1. The molecule has 0 saturated carbocycles. The summed E-state index contributed by atoms with van der Waals surface area (Å²) < 4.78 is 10.6. The average Bonchev–Trinajstić information content (AvgIpc) is 2.90. The molecule has 0 aliphatic carbocycles. The van der Waals surface area contributed by atoms with Crippen LogP contribution in [0.15, 0.2) is 40.8 Å². The van der Waals surface area contributed by atoms with Crippen LogP contribution in [0.5, 0.6) is 5.75 Å². The Hall–Kier alpha value is -2.27. The van der Waals surface area contributed by atoms with Gasteiger partial charge < -0.3 is 19.4 Å². The lowest BCUT2D eigenvalue weighted by molar-refractivity contribution is -0.886. The molecule has 0 radical (unpaired) electrons. The summed E-state index contributed by atoms with van der Waals surface area (Å²) in [5.41, 5.74) is 1.05. The predicted molar refractivity (Wildman–Crippen MR) is 83.7 cm³/mol. The second-order valence-corrected chi connectivity index (χ2v) is 5.45. The molecule has 118 valence electrons. The van der Waals surface area contributed by atoms with E-state index in [1.54, 1.807) is 7.11 Å². The Morgan fingerprint density at radius 2 is 1.95 bits per heavy atom. The number of quaternary nitrogens is 1. The summed E-state index contributed by atoms with van der Waals surface area (Å²) in [5, 5.41) is 2.93. The average molecular weight is 303 g/mol. The highest BCUT2D eigenvalue weighted by Gasteiger charge is 2.12. The van der Waals surface area contributed by atoms with E-state index in [1.165, 1.54) is 0 Å². The fourth-order valence-corrected chi connectivity index (χ4v) is 2.22. The van der Waals surface area contributed by atoms with Gasteiger partial charge in [0, 0.05) is 6.54 Å². The fraction of sp³-hybridized carbons (Fsp3) is 0.353. The molecule has 0 saturated heterocycles. The smallest absolute Gasteiger partial charge is 0.275 e. The lowest BCUT2D eigenvalue weighted by Crippen LogP contribution is -3.08. The third-order valence-electron chi connectivity index (χ3n) is 3.38. The van der Waals surface area contributed by atoms with Crippen LogP contribution in [-0.4, -0.2) is 26.6 Å². The maximum absolute atomic E-state index is 12.0. The second-order valence-electron chi connectivity index (χ2n) is 5.45. The standard InChI is InChI=1S/C17H22N2O3/c1-13-4-7-16(22-13)11-19(2)12-17(20)18-10-14-5-8-15(21-3)9-6-14/h4-9H,10-12H2,1-3H3,(H,18,20)/p+1. The molecule has 0 aliphatic heterocycles. The number of rotatable bonds is 7. The lowest BCUT2D eigenvalue weighted by Gasteiger charge is -2.12. The molecule has 5 nitrogen and oxygen atoms in total. The summed E-state index contributed by atoms with van der Waals surface area (Å²) in [5.74, 6) is 2.63. The van der Waals surface area contributed by atoms with Crippen LogP contribution in [0.2, 0.25) is 0 Å². The molecular weight excluding hydrogens is 280 g/mol. The van der Waals surface area contributed by atoms with Gasteiger partial charge in [0.15, 0.2) is 12.3 Å². The number of ether oxygens (including phenoxy) is 1. The highest BCUT2D eigenvalue weighted by Crippen LogP contribution is 2.10. The van der Waals surface area contributed by atoms with Crippen molar-refractivity contribution in [2.45, 2.75) is 20.0 Å². The molecule has 0 fully saturated rings. The number of hydrogen-bond acceptors (Lipinski definition) is 3. The Labute approximate surface area is 130 Å². The lowest BCUT2D eigenvalue weighted by atomic mass is 10.2. The van der Waals surface area contributed by atoms with E-state index in [2.05, 4.69) is 5.32 Å². The van der Waals surface area contributed by atoms with Gasteiger partial charge in [0.25, 0.3) is 5.91 Å². The molecule has 22 heavy (non-hydrogen) atoms. The number of hydrogen-bond donors (Lipinski definition) is 2. The monoisotopic (exact) mass is 303 g/mol. The van der Waals surface area contributed by atoms with Crippen molar-refractivity contribution in [3.63, 3.8) is 0 Å². The molecule has 5 heteroatoms. The molecule has 1 atom stereocenters. The molecule has 0 bridgehead atoms. The van der Waals surface area contributed by atoms with Crippen LogP contribution < -0.4 is 15.0 Å². The fourth-order valence-electron chi connectivity index (χ4n) is 2.22. The van der Waals surface area contributed by atoms with Crippen molar-refractivity contribution < 1.29 is 18.8 Å². The summed E-state index contributed by atoms with van der Waals surface area (Å²) in [6.07, 6.45) is 0. The van der Waals surface area contributed by atoms with Crippen molar-refractivity contribution in [2.75, 3.05) is 20.7 Å². The minimum Gasteiger partial charge on any atom is -0.497 e. The highest BCUT2D eigenvalue weighted by atomic mass is 16.5. The molecule has 1 heterocycles. The van der Waals surface area contributed by atoms with Gasteiger partial charge in [-0.05, 0) is 36.8 Å². The number of aryl methyl sites for hydroxylation is 1. The molecule has 0 spiro atoms. The Balaban J connectivity index is 1.74. The number of methoxy groups -OCH3 is 1. The van der Waals surface area contributed by atoms with Gasteiger partial charge in [0.1, 0.15) is 18.1 Å². The molecule has 2 rings (SSSR count). The van der Waals surface area contributed by atoms with E-state index < -0.39 is 0 Å². The highest BCUT2D eigenvalue weighted by molar-refractivity contribution is 5.76. The number of benzene rings is 1. The third kappa shape index (κ3) is 4.93. The van der Waals surface area contributed by atoms with Crippen molar-refractivity contribution in [3.8, 4) is 5.75 Å². The number of likely N-dealkylation sites (N-methyl/N-ethyl adjacent to an activating group) is 1. The summed E-state index contributed by atoms with van der Waals surface area (Å²) >= 11 is 0. The van der Waals surface area contributed by atoms with Gasteiger partial charge in [-0.1, -0.05) is 12.1 Å². The summed E-state index contributed by atoms with van der Waals surface area (Å²) in [6, 6.07) is 11.6. The molecule has 2 N–H and O–H groups in total. The maximum Gasteiger partial charge on any atom is 0.275 e. The summed E-state index contributed by atoms with van der Waals surface area (Å²) in [7, 11) is 3.61. The van der Waals surface area contributed by atoms with Crippen LogP contribution in [0.4, 0.5) is 0 Å². The first-order valence-electron chi connectivity index (χ1n) is 7.33. The van der Waals surface area contributed by atoms with Crippen molar-refractivity contribution >= 4 is 5.91 Å². The quantitative estimate of drug-likeness (QED) is 0.800. The largest absolute Gasteiger partial charge is 0.497 e. The zero-order chi connectivity index (χ0) is 15.9. The normalized spacial score (nSPS) is 12.0. The maximum atomic E-state index is 12.0. The van der Waals surface area contributed by atoms with E-state index in [-0.39, 0.29) is 5.91 Å². The number of carbonyl (C=O) groups excluding carboxylic acids is 1. The molecule has 0 aliphatic rings. The van der Waals surface area contributed by atoms with E-state index in [0.717, 1.165) is 27.7 Å². The molecule has 1 amide bonds. The van der Waals surface area contributed by atoms with Crippen LogP contribution in [0.3, 0.4) is 0 Å². The van der Waals surface area contributed by atoms with Gasteiger partial charge in [0.2, 0.25) is 0 Å². The molecule has 1 aromatic carbocycles. The van der Waals surface area contributed by atoms with Gasteiger partial charge in [-0.25, -0.2) is 0 Å². The minimum absolute atomic E-state index is 0.0246. The van der Waals surface area contributed by atoms with E-state index in [9.17, 15) is 4.79 Å². The van der Waals surface area contributed by atoms with Crippen LogP contribution >= 0.6 is 0 Å². The molecule has 1 unspecified atom stereocenters. The Kier molecular flexibility index (Phi) is 5.61. The van der Waals surface area contributed by atoms with Crippen LogP contribution in [0, 0.1) is 6.92 Å². The van der Waals surface area contributed by atoms with Crippen molar-refractivity contribution in [2.24, 2.45) is 0 Å². The van der Waals surface area contributed by atoms with Gasteiger partial charge in [-0.15, -0.1) is 0 Å². The number of carbonyl (C=O) groups is 1. The van der Waals surface area contributed by atoms with Crippen molar-refractivity contribution in [1.82, 2.24) is 5.32 Å². The summed E-state index contributed by atoms with van der Waals surface area (Å²) in [4.78, 5) is 13.0. The Morgan fingerprint density at radius 3 is 2.55 bits per heavy atom. The number of nitrogens with one attached hydrogen (secondary N) is 2. The van der Waals surface area contributed by atoms with E-state index >= 15 is 0 Å². The number of furan rings is 1. The summed E-state index contributed by atoms with van der Waals surface area (Å²) in [6.45, 7) is 3.55. The van der Waals surface area contributed by atoms with Gasteiger partial charge >= 0.3 is 0 Å². The van der Waals surface area contributed by atoms with Gasteiger partial charge in [0.05, 0.1) is 14.2 Å². The molecular formula is C17H23N2O3+. The zero-order valence-corrected chi connectivity index (χ0v) is 13.3. The van der Waals surface area contributed by atoms with Gasteiger partial charge in [-0.3, -0.25) is 4.79 Å². The van der Waals surface area contributed by atoms with Crippen LogP contribution in [-0.2, 0) is 17.9 Å². The van der Waals surface area contributed by atoms with E-state index in [0.29, 0.717) is 19.6 Å². The van der Waals surface area contributed by atoms with Gasteiger partial charge in [-0.2, -0.15) is 0 Å². The van der Waals surface area contributed by atoms with Crippen molar-refractivity contribution in [3.05, 3.63) is 53.5 Å². The first-order chi connectivity index (χ1) is 10.6. The van der Waals surface area contributed by atoms with Crippen LogP contribution in [0.25, 0.3) is 0 Å².